The molecule has 0 aliphatic carbocycles. The third-order valence-corrected chi connectivity index (χ3v) is 22.1. The van der Waals surface area contributed by atoms with Crippen LogP contribution in [0.2, 0.25) is 0 Å². The van der Waals surface area contributed by atoms with Gasteiger partial charge in [0.05, 0.1) is 17.5 Å². The molecule has 0 radical (unpaired) electrons. The molecule has 10 aromatic heterocycles. The molecule has 0 atom stereocenters. The third-order valence-electron chi connectivity index (χ3n) is 22.1. The van der Waals surface area contributed by atoms with Crippen LogP contribution in [-0.4, -0.2) is 48.9 Å². The molecule has 14 nitrogen and oxygen atoms in total. The summed E-state index contributed by atoms with van der Waals surface area (Å²) in [5.41, 5.74) is 16.7. The minimum absolute atomic E-state index is 0. The number of para-hydroxylation sites is 8. The Kier molecular flexibility index (Phi) is 21.4. The molecule has 0 unspecified atom stereocenters. The van der Waals surface area contributed by atoms with Gasteiger partial charge in [-0.05, 0) is 96.4 Å². The molecular weight excluding hydrogens is 2050 g/mol. The number of rotatable bonds is 14. The summed E-state index contributed by atoms with van der Waals surface area (Å²) in [5.74, 6) is 6.39. The van der Waals surface area contributed by atoms with Crippen LogP contribution in [0.15, 0.2) is 367 Å². The Morgan fingerprint density at radius 3 is 1.83 bits per heavy atom. The summed E-state index contributed by atoms with van der Waals surface area (Å²) < 4.78 is 31.0. The summed E-state index contributed by atoms with van der Waals surface area (Å²) in [7, 11) is 2.03. The van der Waals surface area contributed by atoms with Crippen LogP contribution < -0.4 is 14.5 Å². The number of ether oxygens (including phenoxy) is 1. The van der Waals surface area contributed by atoms with Crippen molar-refractivity contribution in [1.82, 2.24) is 42.4 Å². The Hall–Kier alpha value is -13.8. The third kappa shape index (κ3) is 14.0. The Balaban J connectivity index is 0.000000120. The van der Waals surface area contributed by atoms with E-state index >= 15 is 0 Å². The average Bonchev–Trinajstić information content (AvgIpc) is 1.48. The summed E-state index contributed by atoms with van der Waals surface area (Å²) in [6.45, 7) is 0.588. The molecule has 13 aromatic carbocycles. The Morgan fingerprint density at radius 2 is 1.09 bits per heavy atom. The van der Waals surface area contributed by atoms with Crippen molar-refractivity contribution in [2.75, 3.05) is 16.3 Å². The normalized spacial score (nSPS) is 11.6. The van der Waals surface area contributed by atoms with Gasteiger partial charge < -0.3 is 50.8 Å². The minimum atomic E-state index is 0. The molecule has 0 bridgehead atoms. The second-order valence-electron chi connectivity index (χ2n) is 29.2. The summed E-state index contributed by atoms with van der Waals surface area (Å²) in [4.78, 5) is 19.7. The number of aryl methyl sites for hydroxylation is 1. The molecule has 0 fully saturated rings. The fraction of sp³-hybridized carbons (Fsp3) is 0.0286. The van der Waals surface area contributed by atoms with Gasteiger partial charge in [0.1, 0.15) is 22.8 Å². The van der Waals surface area contributed by atoms with Gasteiger partial charge in [0.25, 0.3) is 0 Å². The first-order chi connectivity index (χ1) is 58.9. The van der Waals surface area contributed by atoms with E-state index in [1.165, 1.54) is 27.6 Å². The van der Waals surface area contributed by atoms with Crippen molar-refractivity contribution >= 4 is 127 Å². The van der Waals surface area contributed by atoms with E-state index in [2.05, 4.69) is 294 Å². The van der Waals surface area contributed by atoms with Gasteiger partial charge in [-0.15, -0.1) is 135 Å². The van der Waals surface area contributed by atoms with E-state index in [9.17, 15) is 0 Å². The summed E-state index contributed by atoms with van der Waals surface area (Å²) in [5, 5.41) is 10.3. The number of anilines is 5. The molecule has 0 saturated carbocycles. The van der Waals surface area contributed by atoms with Crippen LogP contribution in [0, 0.1) is 54.6 Å². The predicted molar refractivity (Wildman–Crippen MR) is 474 cm³/mol. The molecule has 0 spiro atoms. The van der Waals surface area contributed by atoms with Crippen LogP contribution in [0.3, 0.4) is 0 Å². The average molecular weight is 2120 g/mol. The second kappa shape index (κ2) is 33.4. The van der Waals surface area contributed by atoms with Crippen LogP contribution in [0.1, 0.15) is 11.1 Å². The van der Waals surface area contributed by atoms with Gasteiger partial charge in [0, 0.05) is 45.5 Å². The molecule has 0 amide bonds. The van der Waals surface area contributed by atoms with E-state index < -0.39 is 0 Å². The van der Waals surface area contributed by atoms with Gasteiger partial charge in [-0.2, -0.15) is 119 Å². The van der Waals surface area contributed by atoms with Crippen molar-refractivity contribution in [3.8, 4) is 51.5 Å². The van der Waals surface area contributed by atoms with Gasteiger partial charge in [-0.25, -0.2) is 22.1 Å². The molecule has 0 N–H and O–H groups in total. The van der Waals surface area contributed by atoms with E-state index in [0.717, 1.165) is 146 Å². The monoisotopic (exact) mass is 2120 g/mol. The van der Waals surface area contributed by atoms with Crippen molar-refractivity contribution < 1.29 is 80.7 Å². The maximum absolute atomic E-state index is 6.41. The zero-order valence-corrected chi connectivity index (χ0v) is 71.5. The minimum Gasteiger partial charge on any atom is -0.451 e. The van der Waals surface area contributed by atoms with E-state index in [4.69, 9.17) is 28.5 Å². The zero-order chi connectivity index (χ0) is 78.9. The van der Waals surface area contributed by atoms with Gasteiger partial charge in [-0.1, -0.05) is 150 Å². The Bertz CT molecular complexity index is 7620. The number of nitrogens with zero attached hydrogens (tertiary/aromatic N) is 11. The van der Waals surface area contributed by atoms with Crippen molar-refractivity contribution in [3.63, 3.8) is 0 Å². The number of pyridine rings is 2. The predicted octanol–water partition coefficient (Wildman–Crippen LogP) is 24.7. The van der Waals surface area contributed by atoms with E-state index in [-0.39, 0.29) is 67.1 Å². The number of benzene rings is 13. The van der Waals surface area contributed by atoms with E-state index in [1.807, 2.05) is 151 Å². The second-order valence-corrected chi connectivity index (χ2v) is 29.2. The Morgan fingerprint density at radius 1 is 0.434 bits per heavy atom. The molecule has 122 heavy (non-hydrogen) atoms. The maximum atomic E-state index is 6.41. The van der Waals surface area contributed by atoms with Gasteiger partial charge >= 0.3 is 78.9 Å². The molecule has 11 heterocycles. The number of aromatic nitrogens is 9. The largest absolute Gasteiger partial charge is 3.00 e. The first-order valence-electron chi connectivity index (χ1n) is 39.3. The van der Waals surface area contributed by atoms with Crippen LogP contribution in [0.25, 0.3) is 138 Å². The molecule has 24 rings (SSSR count). The van der Waals surface area contributed by atoms with Crippen molar-refractivity contribution in [2.45, 2.75) is 6.42 Å². The summed E-state index contributed by atoms with van der Waals surface area (Å²) >= 11 is 0. The molecule has 1 aliphatic rings. The van der Waals surface area contributed by atoms with Crippen molar-refractivity contribution in [1.29, 1.82) is 0 Å². The molecule has 0 saturated heterocycles. The quantitative estimate of drug-likeness (QED) is 0.0782. The molecule has 17 heteroatoms. The van der Waals surface area contributed by atoms with Gasteiger partial charge in [0.15, 0.2) is 17.3 Å². The zero-order valence-electron chi connectivity index (χ0n) is 65.0. The first kappa shape index (κ1) is 78.0. The summed E-state index contributed by atoms with van der Waals surface area (Å²) in [6, 6.07) is 139. The number of furan rings is 1. The SMILES string of the molecule is Cn1cc[c-]c1-n1ccc2ccc(-n3c4ccccc4c4ccc(-n5c6[c-]cccc6c6ccccc65)nc43)[c-]c21.[Au+3].[Au+3].[Au+3].[c-]1c(-c2cccc3ccc[c-]c23)cccc1N1c2ccccc2Oc2ccc(-n3c4[c-]cccc4c4ccccc43)nc21.[c-]1ccccc1C[C-](CN(c1ccccc1)c1nc2c(-n3[c-]ccc3)coc2o1)c1ccccc1. The molecular formula is C105H66Au3N11O3. The molecule has 1 aliphatic heterocycles. The van der Waals surface area contributed by atoms with Crippen molar-refractivity contribution in [2.24, 2.45) is 7.05 Å². The van der Waals surface area contributed by atoms with E-state index in [1.54, 1.807) is 6.26 Å². The molecule has 23 aromatic rings. The number of hydrogen-bond donors (Lipinski definition) is 0. The molecule has 592 valence electrons. The van der Waals surface area contributed by atoms with Gasteiger partial charge in [-0.3, -0.25) is 0 Å². The van der Waals surface area contributed by atoms with Crippen molar-refractivity contribution in [3.05, 3.63) is 424 Å². The fourth-order valence-electron chi connectivity index (χ4n) is 16.7. The van der Waals surface area contributed by atoms with Crippen LogP contribution in [-0.2, 0) is 80.6 Å². The standard InChI is InChI=1S/C39H22N3O.C36H22N5.C30H22N3O2.3Au/c1-2-15-29-26(11-1)12-10-18-30(29)27-13-9-14-28(25-27)41-35-21-7-8-22-36(35)43-37-23-24-38(40-39(37)41)42-33-19-5-3-16-31(33)32-17-4-6-20-34(32)42;1-38-21-8-15-35(38)39-22-20-24-16-17-25(23-33(24)39)40-30-12-5-4-11-28(30)29-18-19-34(37-36(29)40)41-31-13-6-2-9-26(31)27-10-3-7-14-32(27)41;1-4-12-23(13-5-1)20-25(24-14-6-2-7-15-24)21-33(26-16-8-3-9-17-26)30-31-28-27(22-34-29(28)35-30)32-18-10-11-19-32;;;/h1-14,16-19,21-24H;2-13,16-22H,1H3;1-12,14-18,22H,20-21H2;;;/q3*-3;3*+3. The smallest absolute Gasteiger partial charge is 0.451 e. The number of hydrogen-bond acceptors (Lipinski definition) is 8. The number of oxazole rings is 1. The van der Waals surface area contributed by atoms with E-state index in [0.29, 0.717) is 35.4 Å². The topological polar surface area (TPSA) is 110 Å². The van der Waals surface area contributed by atoms with Crippen LogP contribution in [0.4, 0.5) is 28.9 Å². The van der Waals surface area contributed by atoms with Gasteiger partial charge in [0.2, 0.25) is 0 Å². The summed E-state index contributed by atoms with van der Waals surface area (Å²) in [6.07, 6.45) is 11.5. The maximum Gasteiger partial charge on any atom is 3.00 e. The Labute approximate surface area is 749 Å². The number of fused-ring (bicyclic) bond motifs is 14. The fourth-order valence-corrected chi connectivity index (χ4v) is 16.7. The van der Waals surface area contributed by atoms with Crippen LogP contribution in [0.5, 0.6) is 11.5 Å². The first-order valence-corrected chi connectivity index (χ1v) is 39.3. The van der Waals surface area contributed by atoms with Crippen LogP contribution >= 0.6 is 0 Å².